The Hall–Kier alpha value is -2.10. The first-order valence-corrected chi connectivity index (χ1v) is 20.8. The van der Waals surface area contributed by atoms with Gasteiger partial charge in [0.25, 0.3) is 0 Å². The number of aliphatic carboxylic acids is 2. The lowest BCUT2D eigenvalue weighted by Crippen LogP contribution is -2.70. The number of hydrogen-bond donors (Lipinski definition) is 2. The van der Waals surface area contributed by atoms with Crippen molar-refractivity contribution in [2.75, 3.05) is 13.2 Å². The zero-order valence-corrected chi connectivity index (χ0v) is 34.9. The maximum absolute atomic E-state index is 14.2. The summed E-state index contributed by atoms with van der Waals surface area (Å²) in [6, 6.07) is 0. The fourth-order valence-corrected chi connectivity index (χ4v) is 8.91. The normalized spacial score (nSPS) is 22.8. The zero-order chi connectivity index (χ0) is 39.1. The predicted octanol–water partition coefficient (Wildman–Crippen LogP) is 10.4. The molecule has 2 rings (SSSR count). The Labute approximate surface area is 318 Å². The van der Waals surface area contributed by atoms with Crippen LogP contribution in [-0.4, -0.2) is 67.6 Å². The van der Waals surface area contributed by atoms with Crippen molar-refractivity contribution < 1.29 is 29.5 Å². The van der Waals surface area contributed by atoms with Gasteiger partial charge in [-0.25, -0.2) is 0 Å². The summed E-state index contributed by atoms with van der Waals surface area (Å²) in [6.07, 6.45) is 18.2. The van der Waals surface area contributed by atoms with Crippen LogP contribution in [0.1, 0.15) is 191 Å². The molecule has 2 atom stereocenters. The Balaban J connectivity index is 2.52. The molecule has 0 aromatic heterocycles. The number of carboxylic acids is 2. The van der Waals surface area contributed by atoms with Gasteiger partial charge in [-0.3, -0.25) is 19.3 Å². The van der Waals surface area contributed by atoms with Gasteiger partial charge in [0.05, 0.1) is 41.5 Å². The summed E-state index contributed by atoms with van der Waals surface area (Å²) in [5.74, 6) is 11.2. The molecule has 0 saturated heterocycles. The summed E-state index contributed by atoms with van der Waals surface area (Å²) >= 11 is 0. The van der Waals surface area contributed by atoms with Crippen molar-refractivity contribution in [1.82, 2.24) is 10.1 Å². The van der Waals surface area contributed by atoms with E-state index in [-0.39, 0.29) is 6.42 Å². The highest BCUT2D eigenvalue weighted by molar-refractivity contribution is 5.78. The Morgan fingerprint density at radius 2 is 0.942 bits per heavy atom. The minimum absolute atomic E-state index is 0.158. The third-order valence-corrected chi connectivity index (χ3v) is 11.4. The number of rotatable bonds is 27. The van der Waals surface area contributed by atoms with Crippen LogP contribution in [0.2, 0.25) is 0 Å². The standard InChI is InChI=1S/C44H76N2O6/c1-11-13-15-17-22-26-34-51-45-40(3,4)32-29-36(42(45,7)8)44(39(49)50,31-25-21-19-20-24-28-38(47)48)37-30-33-41(5,6)46(43(37,9)10)52-35-27-23-18-16-14-12-2/h36-37H,11-28,31,34-35H2,1-10H3,(H,47,48)(H,49,50). The molecule has 0 radical (unpaired) electrons. The quantitative estimate of drug-likeness (QED) is 0.0637. The molecule has 2 N–H and O–H groups in total. The van der Waals surface area contributed by atoms with E-state index in [1.54, 1.807) is 0 Å². The molecule has 0 bridgehead atoms. The van der Waals surface area contributed by atoms with E-state index in [0.29, 0.717) is 32.5 Å². The van der Waals surface area contributed by atoms with Crippen molar-refractivity contribution in [1.29, 1.82) is 0 Å². The Morgan fingerprint density at radius 3 is 1.33 bits per heavy atom. The van der Waals surface area contributed by atoms with Crippen molar-refractivity contribution >= 4 is 11.9 Å². The molecule has 0 fully saturated rings. The van der Waals surface area contributed by atoms with E-state index in [9.17, 15) is 14.7 Å². The summed E-state index contributed by atoms with van der Waals surface area (Å²) < 4.78 is 0. The van der Waals surface area contributed by atoms with E-state index in [0.717, 1.165) is 44.9 Å². The third-order valence-electron chi connectivity index (χ3n) is 11.4. The largest absolute Gasteiger partial charge is 0.481 e. The van der Waals surface area contributed by atoms with Crippen LogP contribution >= 0.6 is 0 Å². The van der Waals surface area contributed by atoms with Crippen LogP contribution in [0.3, 0.4) is 0 Å². The van der Waals surface area contributed by atoms with E-state index < -0.39 is 51.3 Å². The lowest BCUT2D eigenvalue weighted by Gasteiger charge is -2.59. The highest BCUT2D eigenvalue weighted by atomic mass is 16.7. The molecule has 0 amide bonds. The average Bonchev–Trinajstić information content (AvgIpc) is 3.04. The van der Waals surface area contributed by atoms with Crippen molar-refractivity contribution in [3.05, 3.63) is 0 Å². The van der Waals surface area contributed by atoms with Crippen molar-refractivity contribution in [2.45, 2.75) is 213 Å². The smallest absolute Gasteiger partial charge is 0.312 e. The highest BCUT2D eigenvalue weighted by Crippen LogP contribution is 2.55. The first-order valence-electron chi connectivity index (χ1n) is 20.8. The van der Waals surface area contributed by atoms with Crippen LogP contribution in [0.15, 0.2) is 0 Å². The second kappa shape index (κ2) is 21.1. The Morgan fingerprint density at radius 1 is 0.577 bits per heavy atom. The molecule has 0 aromatic carbocycles. The predicted molar refractivity (Wildman–Crippen MR) is 211 cm³/mol. The molecule has 0 spiro atoms. The van der Waals surface area contributed by atoms with Gasteiger partial charge in [-0.05, 0) is 81.1 Å². The molecular formula is C44H76N2O6. The number of carboxylic acid groups (broad SMARTS) is 2. The molecule has 0 saturated carbocycles. The topological polar surface area (TPSA) is 99.5 Å². The van der Waals surface area contributed by atoms with Gasteiger partial charge in [0.15, 0.2) is 0 Å². The number of hydrogen-bond acceptors (Lipinski definition) is 6. The van der Waals surface area contributed by atoms with Gasteiger partial charge in [0.2, 0.25) is 0 Å². The van der Waals surface area contributed by atoms with E-state index in [4.69, 9.17) is 14.8 Å². The highest BCUT2D eigenvalue weighted by Gasteiger charge is 2.65. The average molecular weight is 729 g/mol. The van der Waals surface area contributed by atoms with E-state index in [1.165, 1.54) is 51.4 Å². The third kappa shape index (κ3) is 12.2. The second-order valence-corrected chi connectivity index (χ2v) is 17.6. The van der Waals surface area contributed by atoms with Crippen LogP contribution in [0.4, 0.5) is 0 Å². The molecule has 52 heavy (non-hydrogen) atoms. The monoisotopic (exact) mass is 729 g/mol. The van der Waals surface area contributed by atoms with Gasteiger partial charge in [0, 0.05) is 6.42 Å². The summed E-state index contributed by atoms with van der Waals surface area (Å²) in [4.78, 5) is 38.5. The zero-order valence-electron chi connectivity index (χ0n) is 34.9. The molecule has 2 heterocycles. The molecule has 8 nitrogen and oxygen atoms in total. The molecular weight excluding hydrogens is 652 g/mol. The fraction of sp³-hybridized carbons (Fsp3) is 0.864. The summed E-state index contributed by atoms with van der Waals surface area (Å²) in [5.41, 5.74) is -4.08. The SMILES string of the molecule is CCCCCCCCON1C(C)(C)C#CC(C(CCCCCCCC(=O)O)(C(=O)O)C2C#CC(C)(C)N(OCCCCCCCC)C2(C)C)C1(C)C. The van der Waals surface area contributed by atoms with Gasteiger partial charge in [0.1, 0.15) is 11.1 Å². The molecule has 2 aliphatic rings. The molecule has 2 aliphatic heterocycles. The summed E-state index contributed by atoms with van der Waals surface area (Å²) in [7, 11) is 0. The number of unbranched alkanes of at least 4 members (excludes halogenated alkanes) is 14. The first-order chi connectivity index (χ1) is 24.4. The van der Waals surface area contributed by atoms with Gasteiger partial charge < -0.3 is 10.2 Å². The number of carbonyl (C=O) groups is 2. The van der Waals surface area contributed by atoms with E-state index in [2.05, 4.69) is 92.9 Å². The van der Waals surface area contributed by atoms with Crippen molar-refractivity contribution in [3.63, 3.8) is 0 Å². The first kappa shape index (κ1) is 46.1. The van der Waals surface area contributed by atoms with Gasteiger partial charge in [-0.15, -0.1) is 0 Å². The van der Waals surface area contributed by atoms with E-state index in [1.807, 2.05) is 10.1 Å². The van der Waals surface area contributed by atoms with E-state index >= 15 is 0 Å². The van der Waals surface area contributed by atoms with Gasteiger partial charge >= 0.3 is 11.9 Å². The molecule has 0 aliphatic carbocycles. The summed E-state index contributed by atoms with van der Waals surface area (Å²) in [5, 5.41) is 24.7. The van der Waals surface area contributed by atoms with Crippen LogP contribution < -0.4 is 0 Å². The number of hydroxylamine groups is 4. The molecule has 2 unspecified atom stereocenters. The van der Waals surface area contributed by atoms with Crippen LogP contribution in [0, 0.1) is 40.9 Å². The lowest BCUT2D eigenvalue weighted by molar-refractivity contribution is -0.288. The molecule has 298 valence electrons. The number of nitrogens with zero attached hydrogens (tertiary/aromatic N) is 2. The Kier molecular flexibility index (Phi) is 18.7. The van der Waals surface area contributed by atoms with Crippen molar-refractivity contribution in [3.8, 4) is 23.7 Å². The van der Waals surface area contributed by atoms with Gasteiger partial charge in [-0.1, -0.05) is 127 Å². The Bertz CT molecular complexity index is 1160. The molecule has 0 aromatic rings. The van der Waals surface area contributed by atoms with Crippen LogP contribution in [-0.2, 0) is 19.3 Å². The molecule has 8 heteroatoms. The van der Waals surface area contributed by atoms with Crippen LogP contribution in [0.5, 0.6) is 0 Å². The maximum Gasteiger partial charge on any atom is 0.312 e. The van der Waals surface area contributed by atoms with Crippen molar-refractivity contribution in [2.24, 2.45) is 17.3 Å². The minimum Gasteiger partial charge on any atom is -0.481 e. The van der Waals surface area contributed by atoms with Crippen LogP contribution in [0.25, 0.3) is 0 Å². The minimum atomic E-state index is -1.34. The van der Waals surface area contributed by atoms with Gasteiger partial charge in [-0.2, -0.15) is 10.1 Å². The summed E-state index contributed by atoms with van der Waals surface area (Å²) in [6.45, 7) is 22.2. The second-order valence-electron chi connectivity index (χ2n) is 17.6. The fourth-order valence-electron chi connectivity index (χ4n) is 8.91. The lowest BCUT2D eigenvalue weighted by atomic mass is 9.53. The maximum atomic E-state index is 14.2.